The Hall–Kier alpha value is -1.95. The first-order valence-electron chi connectivity index (χ1n) is 5.13. The number of aromatic nitrogens is 1. The summed E-state index contributed by atoms with van der Waals surface area (Å²) in [5.41, 5.74) is 0.783. The Morgan fingerprint density at radius 1 is 1.56 bits per heavy atom. The average molecular weight is 267 g/mol. The van der Waals surface area contributed by atoms with Crippen LogP contribution in [-0.2, 0) is 6.61 Å². The largest absolute Gasteiger partial charge is 0.483 e. The smallest absolute Gasteiger partial charge is 0.335 e. The molecule has 0 bridgehead atoms. The molecule has 0 aliphatic rings. The first-order valence-corrected chi connectivity index (χ1v) is 6.01. The molecule has 0 atom stereocenters. The van der Waals surface area contributed by atoms with E-state index in [-0.39, 0.29) is 17.9 Å². The van der Waals surface area contributed by atoms with Crippen molar-refractivity contribution in [2.75, 3.05) is 0 Å². The van der Waals surface area contributed by atoms with E-state index in [2.05, 4.69) is 4.98 Å². The zero-order chi connectivity index (χ0) is 13.1. The molecule has 2 aromatic rings. The van der Waals surface area contributed by atoms with Gasteiger partial charge in [0.05, 0.1) is 5.56 Å². The molecule has 6 heteroatoms. The number of carboxylic acid groups (broad SMARTS) is 1. The highest BCUT2D eigenvalue weighted by Crippen LogP contribution is 2.20. The van der Waals surface area contributed by atoms with E-state index < -0.39 is 11.8 Å². The number of rotatable bonds is 4. The van der Waals surface area contributed by atoms with Gasteiger partial charge in [-0.1, -0.05) is 0 Å². The SMILES string of the molecule is Cc1csc(COc2ccc(C(=O)O)cc2F)n1. The summed E-state index contributed by atoms with van der Waals surface area (Å²) in [6.07, 6.45) is 0. The summed E-state index contributed by atoms with van der Waals surface area (Å²) in [6.45, 7) is 2.03. The fourth-order valence-corrected chi connectivity index (χ4v) is 2.04. The van der Waals surface area contributed by atoms with E-state index in [1.54, 1.807) is 0 Å². The fraction of sp³-hybridized carbons (Fsp3) is 0.167. The number of benzene rings is 1. The molecular formula is C12H10FNO3S. The number of aryl methyl sites for hydroxylation is 1. The number of ether oxygens (including phenoxy) is 1. The molecule has 0 spiro atoms. The van der Waals surface area contributed by atoms with Gasteiger partial charge in [-0.05, 0) is 25.1 Å². The Morgan fingerprint density at radius 3 is 2.89 bits per heavy atom. The summed E-state index contributed by atoms with van der Waals surface area (Å²) in [7, 11) is 0. The van der Waals surface area contributed by atoms with Gasteiger partial charge in [-0.25, -0.2) is 14.2 Å². The minimum atomic E-state index is -1.17. The summed E-state index contributed by atoms with van der Waals surface area (Å²) in [5.74, 6) is -1.84. The summed E-state index contributed by atoms with van der Waals surface area (Å²) in [5, 5.41) is 11.3. The zero-order valence-corrected chi connectivity index (χ0v) is 10.3. The van der Waals surface area contributed by atoms with Crippen LogP contribution in [0.2, 0.25) is 0 Å². The van der Waals surface area contributed by atoms with Crippen LogP contribution in [-0.4, -0.2) is 16.1 Å². The molecule has 0 saturated heterocycles. The number of hydrogen-bond donors (Lipinski definition) is 1. The number of nitrogens with zero attached hydrogens (tertiary/aromatic N) is 1. The van der Waals surface area contributed by atoms with Crippen molar-refractivity contribution in [1.82, 2.24) is 4.98 Å². The number of hydrogen-bond acceptors (Lipinski definition) is 4. The standard InChI is InChI=1S/C12H10FNO3S/c1-7-6-18-11(14-7)5-17-10-3-2-8(12(15)16)4-9(10)13/h2-4,6H,5H2,1H3,(H,15,16). The molecular weight excluding hydrogens is 257 g/mol. The topological polar surface area (TPSA) is 59.4 Å². The third-order valence-electron chi connectivity index (χ3n) is 2.20. The van der Waals surface area contributed by atoms with E-state index in [1.165, 1.54) is 23.5 Å². The van der Waals surface area contributed by atoms with Crippen LogP contribution in [0, 0.1) is 12.7 Å². The monoisotopic (exact) mass is 267 g/mol. The second-order valence-corrected chi connectivity index (χ2v) is 4.56. The van der Waals surface area contributed by atoms with Crippen molar-refractivity contribution < 1.29 is 19.0 Å². The van der Waals surface area contributed by atoms with Gasteiger partial charge in [-0.3, -0.25) is 0 Å². The lowest BCUT2D eigenvalue weighted by molar-refractivity contribution is 0.0696. The molecule has 4 nitrogen and oxygen atoms in total. The van der Waals surface area contributed by atoms with Gasteiger partial charge in [0.1, 0.15) is 11.6 Å². The quantitative estimate of drug-likeness (QED) is 0.925. The van der Waals surface area contributed by atoms with Crippen molar-refractivity contribution in [3.63, 3.8) is 0 Å². The highest BCUT2D eigenvalue weighted by Gasteiger charge is 2.10. The first-order chi connectivity index (χ1) is 8.56. The molecule has 0 radical (unpaired) electrons. The van der Waals surface area contributed by atoms with Gasteiger partial charge in [0, 0.05) is 11.1 Å². The van der Waals surface area contributed by atoms with Crippen molar-refractivity contribution >= 4 is 17.3 Å². The predicted octanol–water partition coefficient (Wildman–Crippen LogP) is 2.87. The molecule has 0 amide bonds. The molecule has 1 heterocycles. The lowest BCUT2D eigenvalue weighted by Crippen LogP contribution is -2.00. The average Bonchev–Trinajstić information content (AvgIpc) is 2.73. The fourth-order valence-electron chi connectivity index (χ4n) is 1.36. The Labute approximate surface area is 107 Å². The van der Waals surface area contributed by atoms with Gasteiger partial charge in [-0.15, -0.1) is 11.3 Å². The van der Waals surface area contributed by atoms with Crippen LogP contribution in [0.25, 0.3) is 0 Å². The van der Waals surface area contributed by atoms with E-state index in [0.29, 0.717) is 0 Å². The van der Waals surface area contributed by atoms with Crippen LogP contribution < -0.4 is 4.74 Å². The van der Waals surface area contributed by atoms with Crippen LogP contribution in [0.15, 0.2) is 23.6 Å². The molecule has 0 saturated carbocycles. The molecule has 2 rings (SSSR count). The lowest BCUT2D eigenvalue weighted by Gasteiger charge is -2.05. The van der Waals surface area contributed by atoms with Gasteiger partial charge in [-0.2, -0.15) is 0 Å². The number of aromatic carboxylic acids is 1. The maximum Gasteiger partial charge on any atom is 0.335 e. The van der Waals surface area contributed by atoms with Crippen LogP contribution in [0.5, 0.6) is 5.75 Å². The second-order valence-electron chi connectivity index (χ2n) is 3.62. The number of halogens is 1. The van der Waals surface area contributed by atoms with Gasteiger partial charge in [0.25, 0.3) is 0 Å². The minimum Gasteiger partial charge on any atom is -0.483 e. The molecule has 1 aromatic heterocycles. The molecule has 0 fully saturated rings. The Balaban J connectivity index is 2.08. The molecule has 0 aliphatic heterocycles. The van der Waals surface area contributed by atoms with Crippen molar-refractivity contribution in [3.8, 4) is 5.75 Å². The second kappa shape index (κ2) is 5.14. The van der Waals surface area contributed by atoms with Gasteiger partial charge < -0.3 is 9.84 Å². The third kappa shape index (κ3) is 2.84. The predicted molar refractivity (Wildman–Crippen MR) is 64.5 cm³/mol. The van der Waals surface area contributed by atoms with Crippen LogP contribution in [0.4, 0.5) is 4.39 Å². The van der Waals surface area contributed by atoms with Gasteiger partial charge in [0.2, 0.25) is 0 Å². The van der Waals surface area contributed by atoms with Crippen molar-refractivity contribution in [2.45, 2.75) is 13.5 Å². The summed E-state index contributed by atoms with van der Waals surface area (Å²) in [6, 6.07) is 3.54. The molecule has 0 unspecified atom stereocenters. The Kier molecular flexibility index (Phi) is 3.57. The molecule has 0 aliphatic carbocycles. The van der Waals surface area contributed by atoms with Crippen molar-refractivity contribution in [1.29, 1.82) is 0 Å². The normalized spacial score (nSPS) is 10.3. The molecule has 18 heavy (non-hydrogen) atoms. The van der Waals surface area contributed by atoms with E-state index in [0.717, 1.165) is 16.8 Å². The molecule has 1 aromatic carbocycles. The zero-order valence-electron chi connectivity index (χ0n) is 9.51. The highest BCUT2D eigenvalue weighted by molar-refractivity contribution is 7.09. The molecule has 94 valence electrons. The maximum absolute atomic E-state index is 13.5. The Bertz CT molecular complexity index is 582. The van der Waals surface area contributed by atoms with E-state index >= 15 is 0 Å². The molecule has 1 N–H and O–H groups in total. The van der Waals surface area contributed by atoms with Crippen LogP contribution >= 0.6 is 11.3 Å². The van der Waals surface area contributed by atoms with E-state index in [4.69, 9.17) is 9.84 Å². The minimum absolute atomic E-state index is 0.0212. The third-order valence-corrected chi connectivity index (χ3v) is 3.14. The highest BCUT2D eigenvalue weighted by atomic mass is 32.1. The van der Waals surface area contributed by atoms with E-state index in [9.17, 15) is 9.18 Å². The van der Waals surface area contributed by atoms with Crippen LogP contribution in [0.1, 0.15) is 21.1 Å². The van der Waals surface area contributed by atoms with Gasteiger partial charge in [0.15, 0.2) is 11.6 Å². The lowest BCUT2D eigenvalue weighted by atomic mass is 10.2. The summed E-state index contributed by atoms with van der Waals surface area (Å²) >= 11 is 1.43. The number of thiazole rings is 1. The van der Waals surface area contributed by atoms with Crippen LogP contribution in [0.3, 0.4) is 0 Å². The Morgan fingerprint density at radius 2 is 2.33 bits per heavy atom. The number of carboxylic acids is 1. The first kappa shape index (κ1) is 12.5. The van der Waals surface area contributed by atoms with Gasteiger partial charge >= 0.3 is 5.97 Å². The number of carbonyl (C=O) groups is 1. The van der Waals surface area contributed by atoms with E-state index in [1.807, 2.05) is 12.3 Å². The van der Waals surface area contributed by atoms with Crippen molar-refractivity contribution in [2.24, 2.45) is 0 Å². The van der Waals surface area contributed by atoms with Crippen molar-refractivity contribution in [3.05, 3.63) is 45.7 Å². The maximum atomic E-state index is 13.5. The summed E-state index contributed by atoms with van der Waals surface area (Å²) in [4.78, 5) is 14.8. The summed E-state index contributed by atoms with van der Waals surface area (Å²) < 4.78 is 18.8.